The Balaban J connectivity index is 2.89. The Bertz CT molecular complexity index is 804. The second kappa shape index (κ2) is 3.95. The van der Waals surface area contributed by atoms with Crippen molar-refractivity contribution in [3.63, 3.8) is 0 Å². The Kier molecular flexibility index (Phi) is 2.70. The van der Waals surface area contributed by atoms with Crippen molar-refractivity contribution in [2.75, 3.05) is 6.26 Å². The maximum atomic E-state index is 12.0. The summed E-state index contributed by atoms with van der Waals surface area (Å²) in [5.41, 5.74) is -0.384. The Hall–Kier alpha value is -2.15. The highest BCUT2D eigenvalue weighted by Gasteiger charge is 2.15. The lowest BCUT2D eigenvalue weighted by Crippen LogP contribution is -2.15. The monoisotopic (exact) mass is 267 g/mol. The fourth-order valence-corrected chi connectivity index (χ4v) is 2.33. The van der Waals surface area contributed by atoms with Gasteiger partial charge in [-0.2, -0.15) is 0 Å². The number of hydrogen-bond acceptors (Lipinski definition) is 4. The van der Waals surface area contributed by atoms with Gasteiger partial charge in [-0.05, 0) is 18.2 Å². The Morgan fingerprint density at radius 2 is 2.00 bits per heavy atom. The minimum Gasteiger partial charge on any atom is -0.478 e. The SMILES string of the molecule is CS(=O)(=O)c1c[nH]c2ccc(C(=O)O)cc2c1=O. The van der Waals surface area contributed by atoms with Crippen LogP contribution in [0.25, 0.3) is 10.9 Å². The number of rotatable bonds is 2. The quantitative estimate of drug-likeness (QED) is 0.830. The topological polar surface area (TPSA) is 104 Å². The molecule has 18 heavy (non-hydrogen) atoms. The van der Waals surface area contributed by atoms with Crippen molar-refractivity contribution in [3.05, 3.63) is 40.2 Å². The summed E-state index contributed by atoms with van der Waals surface area (Å²) in [4.78, 5) is 25.0. The van der Waals surface area contributed by atoms with Crippen molar-refractivity contribution in [3.8, 4) is 0 Å². The van der Waals surface area contributed by atoms with Gasteiger partial charge in [-0.15, -0.1) is 0 Å². The molecule has 0 saturated carbocycles. The molecule has 0 spiro atoms. The van der Waals surface area contributed by atoms with E-state index in [4.69, 9.17) is 5.11 Å². The second-order valence-electron chi connectivity index (χ2n) is 3.82. The first-order chi connectivity index (χ1) is 8.30. The van der Waals surface area contributed by atoms with Gasteiger partial charge in [0, 0.05) is 23.4 Å². The summed E-state index contributed by atoms with van der Waals surface area (Å²) >= 11 is 0. The van der Waals surface area contributed by atoms with E-state index >= 15 is 0 Å². The molecule has 0 bridgehead atoms. The summed E-state index contributed by atoms with van der Waals surface area (Å²) in [5.74, 6) is -1.18. The maximum Gasteiger partial charge on any atom is 0.335 e. The molecule has 0 aliphatic heterocycles. The molecule has 2 rings (SSSR count). The van der Waals surface area contributed by atoms with Crippen LogP contribution in [0.5, 0.6) is 0 Å². The number of aromatic carboxylic acids is 1. The number of aromatic nitrogens is 1. The van der Waals surface area contributed by atoms with Gasteiger partial charge in [-0.25, -0.2) is 13.2 Å². The number of sulfone groups is 1. The van der Waals surface area contributed by atoms with Gasteiger partial charge in [0.2, 0.25) is 5.43 Å². The van der Waals surface area contributed by atoms with Gasteiger partial charge in [-0.3, -0.25) is 4.79 Å². The average molecular weight is 267 g/mol. The van der Waals surface area contributed by atoms with Crippen LogP contribution in [0.15, 0.2) is 34.1 Å². The molecule has 0 aliphatic carbocycles. The number of aromatic amines is 1. The van der Waals surface area contributed by atoms with Crippen LogP contribution in [-0.4, -0.2) is 30.7 Å². The Morgan fingerprint density at radius 3 is 2.56 bits per heavy atom. The predicted molar refractivity (Wildman–Crippen MR) is 64.6 cm³/mol. The number of fused-ring (bicyclic) bond motifs is 1. The second-order valence-corrected chi connectivity index (χ2v) is 5.80. The number of H-pyrrole nitrogens is 1. The zero-order valence-corrected chi connectivity index (χ0v) is 10.1. The van der Waals surface area contributed by atoms with Crippen LogP contribution in [0, 0.1) is 0 Å². The van der Waals surface area contributed by atoms with Crippen molar-refractivity contribution >= 4 is 26.7 Å². The number of carbonyl (C=O) groups is 1. The number of benzene rings is 1. The van der Waals surface area contributed by atoms with Gasteiger partial charge in [0.05, 0.1) is 5.56 Å². The predicted octanol–water partition coefficient (Wildman–Crippen LogP) is 0.630. The van der Waals surface area contributed by atoms with Gasteiger partial charge >= 0.3 is 5.97 Å². The third-order valence-electron chi connectivity index (χ3n) is 2.49. The van der Waals surface area contributed by atoms with Crippen LogP contribution in [0.1, 0.15) is 10.4 Å². The molecule has 0 fully saturated rings. The third-order valence-corrected chi connectivity index (χ3v) is 3.60. The first-order valence-electron chi connectivity index (χ1n) is 4.89. The Morgan fingerprint density at radius 1 is 1.33 bits per heavy atom. The molecule has 0 amide bonds. The molecule has 1 aromatic carbocycles. The minimum atomic E-state index is -3.65. The van der Waals surface area contributed by atoms with Crippen LogP contribution in [0.3, 0.4) is 0 Å². The molecule has 1 heterocycles. The standard InChI is InChI=1S/C11H9NO5S/c1-18(16,17)9-5-12-8-3-2-6(11(14)15)4-7(8)10(9)13/h2-5H,1H3,(H,12,13)(H,14,15). The largest absolute Gasteiger partial charge is 0.478 e. The summed E-state index contributed by atoms with van der Waals surface area (Å²) in [6.45, 7) is 0. The molecule has 6 nitrogen and oxygen atoms in total. The molecule has 0 atom stereocenters. The first-order valence-corrected chi connectivity index (χ1v) is 6.78. The van der Waals surface area contributed by atoms with Crippen LogP contribution in [-0.2, 0) is 9.84 Å². The summed E-state index contributed by atoms with van der Waals surface area (Å²) in [7, 11) is -3.65. The molecule has 2 aromatic rings. The van der Waals surface area contributed by atoms with E-state index in [1.54, 1.807) is 0 Å². The first kappa shape index (κ1) is 12.3. The van der Waals surface area contributed by atoms with E-state index in [0.29, 0.717) is 5.52 Å². The molecule has 0 unspecified atom stereocenters. The molecular formula is C11H9NO5S. The molecule has 0 aliphatic rings. The molecule has 7 heteroatoms. The number of hydrogen-bond donors (Lipinski definition) is 2. The zero-order valence-electron chi connectivity index (χ0n) is 9.30. The number of carboxylic acid groups (broad SMARTS) is 1. The van der Waals surface area contributed by atoms with Gasteiger partial charge in [0.25, 0.3) is 0 Å². The lowest BCUT2D eigenvalue weighted by Gasteiger charge is -2.02. The van der Waals surface area contributed by atoms with Crippen molar-refractivity contribution in [2.24, 2.45) is 0 Å². The van der Waals surface area contributed by atoms with Gasteiger partial charge in [0.15, 0.2) is 9.84 Å². The van der Waals surface area contributed by atoms with E-state index < -0.39 is 21.2 Å². The fraction of sp³-hybridized carbons (Fsp3) is 0.0909. The molecule has 0 radical (unpaired) electrons. The van der Waals surface area contributed by atoms with Crippen molar-refractivity contribution < 1.29 is 18.3 Å². The molecule has 2 N–H and O–H groups in total. The number of pyridine rings is 1. The Labute approximate surface area is 102 Å². The van der Waals surface area contributed by atoms with Crippen molar-refractivity contribution in [1.29, 1.82) is 0 Å². The summed E-state index contributed by atoms with van der Waals surface area (Å²) < 4.78 is 22.8. The number of nitrogens with one attached hydrogen (secondary N) is 1. The number of carboxylic acids is 1. The fourth-order valence-electron chi connectivity index (χ4n) is 1.61. The molecule has 0 saturated heterocycles. The van der Waals surface area contributed by atoms with Crippen molar-refractivity contribution in [2.45, 2.75) is 4.90 Å². The van der Waals surface area contributed by atoms with Gasteiger partial charge < -0.3 is 10.1 Å². The lowest BCUT2D eigenvalue weighted by atomic mass is 10.1. The van der Waals surface area contributed by atoms with E-state index in [-0.39, 0.29) is 15.8 Å². The van der Waals surface area contributed by atoms with E-state index in [0.717, 1.165) is 18.5 Å². The average Bonchev–Trinajstić information content (AvgIpc) is 2.27. The molecule has 94 valence electrons. The maximum absolute atomic E-state index is 12.0. The van der Waals surface area contributed by atoms with E-state index in [9.17, 15) is 18.0 Å². The highest BCUT2D eigenvalue weighted by molar-refractivity contribution is 7.90. The van der Waals surface area contributed by atoms with E-state index in [1.807, 2.05) is 0 Å². The smallest absolute Gasteiger partial charge is 0.335 e. The molecular weight excluding hydrogens is 258 g/mol. The van der Waals surface area contributed by atoms with E-state index in [1.165, 1.54) is 12.1 Å². The minimum absolute atomic E-state index is 0.0397. The normalized spacial score (nSPS) is 11.6. The summed E-state index contributed by atoms with van der Waals surface area (Å²) in [5, 5.41) is 8.87. The molecule has 1 aromatic heterocycles. The summed E-state index contributed by atoms with van der Waals surface area (Å²) in [6.07, 6.45) is 2.03. The van der Waals surface area contributed by atoms with Crippen molar-refractivity contribution in [1.82, 2.24) is 4.98 Å². The van der Waals surface area contributed by atoms with Crippen LogP contribution < -0.4 is 5.43 Å². The zero-order chi connectivity index (χ0) is 13.5. The summed E-state index contributed by atoms with van der Waals surface area (Å²) in [6, 6.07) is 3.91. The highest BCUT2D eigenvalue weighted by Crippen LogP contribution is 2.13. The van der Waals surface area contributed by atoms with E-state index in [2.05, 4.69) is 4.98 Å². The highest BCUT2D eigenvalue weighted by atomic mass is 32.2. The third kappa shape index (κ3) is 2.00. The van der Waals surface area contributed by atoms with Crippen LogP contribution in [0.2, 0.25) is 0 Å². The lowest BCUT2D eigenvalue weighted by molar-refractivity contribution is 0.0697. The van der Waals surface area contributed by atoms with Crippen LogP contribution >= 0.6 is 0 Å². The van der Waals surface area contributed by atoms with Gasteiger partial charge in [-0.1, -0.05) is 0 Å². The van der Waals surface area contributed by atoms with Gasteiger partial charge in [0.1, 0.15) is 4.90 Å². The van der Waals surface area contributed by atoms with Crippen LogP contribution in [0.4, 0.5) is 0 Å².